The van der Waals surface area contributed by atoms with E-state index in [1.54, 1.807) is 0 Å². The summed E-state index contributed by atoms with van der Waals surface area (Å²) in [6.45, 7) is 3.82. The van der Waals surface area contributed by atoms with Crippen molar-refractivity contribution in [2.45, 2.75) is 37.8 Å². The first-order valence-corrected chi connectivity index (χ1v) is 14.4. The zero-order valence-corrected chi connectivity index (χ0v) is 23.8. The number of sulfonamides is 1. The maximum atomic E-state index is 13.8. The average Bonchev–Trinajstić information content (AvgIpc) is 2.91. The fourth-order valence-electron chi connectivity index (χ4n) is 3.92. The highest BCUT2D eigenvalue weighted by Crippen LogP contribution is 2.20. The summed E-state index contributed by atoms with van der Waals surface area (Å²) >= 11 is 5.90. The van der Waals surface area contributed by atoms with Gasteiger partial charge < -0.3 is 10.2 Å². The molecule has 1 N–H and O–H groups in total. The molecule has 3 aromatic rings. The van der Waals surface area contributed by atoms with Crippen molar-refractivity contribution in [3.63, 3.8) is 0 Å². The number of halogens is 2. The van der Waals surface area contributed by atoms with E-state index in [1.165, 1.54) is 60.5 Å². The first-order chi connectivity index (χ1) is 18.5. The third-order valence-electron chi connectivity index (χ3n) is 6.10. The summed E-state index contributed by atoms with van der Waals surface area (Å²) in [4.78, 5) is 28.6. The molecule has 0 bridgehead atoms. The Morgan fingerprint density at radius 3 is 2.13 bits per heavy atom. The second-order valence-electron chi connectivity index (χ2n) is 9.71. The van der Waals surface area contributed by atoms with Crippen LogP contribution in [0.2, 0.25) is 5.02 Å². The summed E-state index contributed by atoms with van der Waals surface area (Å²) in [6.07, 6.45) is 0.214. The van der Waals surface area contributed by atoms with Crippen LogP contribution in [0.5, 0.6) is 0 Å². The summed E-state index contributed by atoms with van der Waals surface area (Å²) in [5, 5.41) is 3.29. The number of carbonyl (C=O) groups excluding carboxylic acids is 2. The Labute approximate surface area is 234 Å². The lowest BCUT2D eigenvalue weighted by Crippen LogP contribution is -2.53. The van der Waals surface area contributed by atoms with Crippen LogP contribution >= 0.6 is 11.6 Å². The first kappa shape index (κ1) is 30.3. The Kier molecular flexibility index (Phi) is 10.6. The molecular formula is C29H33ClFN3O4S. The van der Waals surface area contributed by atoms with Gasteiger partial charge in [-0.25, -0.2) is 12.8 Å². The fourth-order valence-corrected chi connectivity index (χ4v) is 5.16. The maximum absolute atomic E-state index is 13.8. The molecule has 0 unspecified atom stereocenters. The zero-order chi connectivity index (χ0) is 28.6. The molecular weight excluding hydrogens is 541 g/mol. The molecule has 0 aromatic heterocycles. The van der Waals surface area contributed by atoms with Gasteiger partial charge in [0.15, 0.2) is 0 Å². The van der Waals surface area contributed by atoms with Crippen molar-refractivity contribution in [3.8, 4) is 0 Å². The number of nitrogens with zero attached hydrogens (tertiary/aromatic N) is 2. The summed E-state index contributed by atoms with van der Waals surface area (Å²) in [6, 6.07) is 19.6. The third kappa shape index (κ3) is 8.61. The normalized spacial score (nSPS) is 12.4. The molecule has 7 nitrogen and oxygen atoms in total. The predicted molar refractivity (Wildman–Crippen MR) is 150 cm³/mol. The monoisotopic (exact) mass is 573 g/mol. The molecule has 1 atom stereocenters. The van der Waals surface area contributed by atoms with Crippen LogP contribution in [0.25, 0.3) is 0 Å². The van der Waals surface area contributed by atoms with Crippen molar-refractivity contribution in [2.24, 2.45) is 5.92 Å². The Bertz CT molecular complexity index is 1350. The number of hydrogen-bond donors (Lipinski definition) is 1. The van der Waals surface area contributed by atoms with Gasteiger partial charge in [-0.2, -0.15) is 4.31 Å². The van der Waals surface area contributed by atoms with Crippen molar-refractivity contribution < 1.29 is 22.4 Å². The highest BCUT2D eigenvalue weighted by molar-refractivity contribution is 7.89. The van der Waals surface area contributed by atoms with E-state index in [0.29, 0.717) is 17.1 Å². The van der Waals surface area contributed by atoms with E-state index >= 15 is 0 Å². The zero-order valence-electron chi connectivity index (χ0n) is 22.2. The van der Waals surface area contributed by atoms with Crippen molar-refractivity contribution in [1.29, 1.82) is 0 Å². The third-order valence-corrected chi connectivity index (χ3v) is 8.17. The minimum absolute atomic E-state index is 0.0113. The van der Waals surface area contributed by atoms with Gasteiger partial charge in [0.1, 0.15) is 11.9 Å². The molecule has 3 aromatic carbocycles. The lowest BCUT2D eigenvalue weighted by molar-refractivity contribution is -0.141. The van der Waals surface area contributed by atoms with Crippen molar-refractivity contribution in [3.05, 3.63) is 101 Å². The highest BCUT2D eigenvalue weighted by atomic mass is 35.5. The fraction of sp³-hybridized carbons (Fsp3) is 0.310. The molecule has 2 amide bonds. The molecule has 0 aliphatic rings. The number of benzene rings is 3. The minimum Gasteiger partial charge on any atom is -0.354 e. The highest BCUT2D eigenvalue weighted by Gasteiger charge is 2.33. The van der Waals surface area contributed by atoms with Crippen LogP contribution in [-0.4, -0.2) is 55.6 Å². The van der Waals surface area contributed by atoms with Crippen LogP contribution in [0.1, 0.15) is 25.0 Å². The lowest BCUT2D eigenvalue weighted by atomic mass is 10.0. The first-order valence-electron chi connectivity index (χ1n) is 12.5. The Hall–Kier alpha value is -3.27. The molecule has 0 saturated heterocycles. The van der Waals surface area contributed by atoms with Crippen molar-refractivity contribution >= 4 is 33.4 Å². The van der Waals surface area contributed by atoms with E-state index in [-0.39, 0.29) is 29.7 Å². The molecule has 0 spiro atoms. The molecule has 0 heterocycles. The topological polar surface area (TPSA) is 86.8 Å². The summed E-state index contributed by atoms with van der Waals surface area (Å²) in [7, 11) is -2.70. The van der Waals surface area contributed by atoms with Crippen LogP contribution in [-0.2, 0) is 32.6 Å². The summed E-state index contributed by atoms with van der Waals surface area (Å²) < 4.78 is 40.9. The van der Waals surface area contributed by atoms with Crippen molar-refractivity contribution in [1.82, 2.24) is 14.5 Å². The van der Waals surface area contributed by atoms with Gasteiger partial charge in [-0.15, -0.1) is 0 Å². The number of carbonyl (C=O) groups is 2. The number of likely N-dealkylation sites (N-methyl/N-ethyl adjacent to an activating group) is 1. The van der Waals surface area contributed by atoms with Gasteiger partial charge in [-0.1, -0.05) is 67.9 Å². The van der Waals surface area contributed by atoms with Crippen molar-refractivity contribution in [2.75, 3.05) is 20.1 Å². The number of amides is 2. The molecule has 10 heteroatoms. The van der Waals surface area contributed by atoms with Crippen LogP contribution in [0.4, 0.5) is 4.39 Å². The van der Waals surface area contributed by atoms with Gasteiger partial charge in [0, 0.05) is 31.6 Å². The Morgan fingerprint density at radius 1 is 0.923 bits per heavy atom. The average molecular weight is 574 g/mol. The lowest BCUT2D eigenvalue weighted by Gasteiger charge is -2.33. The Balaban J connectivity index is 1.96. The van der Waals surface area contributed by atoms with Gasteiger partial charge in [-0.05, 0) is 53.4 Å². The molecule has 0 aliphatic carbocycles. The van der Waals surface area contributed by atoms with E-state index in [4.69, 9.17) is 11.6 Å². The smallest absolute Gasteiger partial charge is 0.243 e. The molecule has 0 aliphatic heterocycles. The Morgan fingerprint density at radius 2 is 1.54 bits per heavy atom. The maximum Gasteiger partial charge on any atom is 0.243 e. The van der Waals surface area contributed by atoms with E-state index in [2.05, 4.69) is 5.32 Å². The van der Waals surface area contributed by atoms with Crippen LogP contribution in [0, 0.1) is 11.7 Å². The summed E-state index contributed by atoms with van der Waals surface area (Å²) in [5.41, 5.74) is 1.43. The number of nitrogens with one attached hydrogen (secondary N) is 1. The van der Waals surface area contributed by atoms with Gasteiger partial charge in [0.2, 0.25) is 21.8 Å². The van der Waals surface area contributed by atoms with E-state index in [0.717, 1.165) is 9.87 Å². The largest absolute Gasteiger partial charge is 0.354 e. The van der Waals surface area contributed by atoms with Gasteiger partial charge in [-0.3, -0.25) is 9.59 Å². The molecule has 0 saturated carbocycles. The molecule has 0 radical (unpaired) electrons. The quantitative estimate of drug-likeness (QED) is 0.345. The molecule has 39 heavy (non-hydrogen) atoms. The second-order valence-corrected chi connectivity index (χ2v) is 12.2. The summed E-state index contributed by atoms with van der Waals surface area (Å²) in [5.74, 6) is -1.17. The van der Waals surface area contributed by atoms with E-state index < -0.39 is 34.3 Å². The molecule has 3 rings (SSSR count). The van der Waals surface area contributed by atoms with Gasteiger partial charge in [0.25, 0.3) is 0 Å². The minimum atomic E-state index is -4.01. The molecule has 208 valence electrons. The van der Waals surface area contributed by atoms with Crippen LogP contribution in [0.15, 0.2) is 83.8 Å². The second kappa shape index (κ2) is 13.7. The van der Waals surface area contributed by atoms with E-state index in [1.807, 2.05) is 44.2 Å². The predicted octanol–water partition coefficient (Wildman–Crippen LogP) is 4.51. The van der Waals surface area contributed by atoms with Crippen LogP contribution < -0.4 is 5.32 Å². The number of hydrogen-bond acceptors (Lipinski definition) is 4. The number of rotatable bonds is 12. The molecule has 0 fully saturated rings. The van der Waals surface area contributed by atoms with Gasteiger partial charge >= 0.3 is 0 Å². The van der Waals surface area contributed by atoms with Gasteiger partial charge in [0.05, 0.1) is 11.4 Å². The SMILES string of the molecule is CC(C)CNC(=O)[C@H](Cc1ccccc1)N(Cc1ccc(F)cc1)C(=O)CN(C)S(=O)(=O)c1ccc(Cl)cc1. The van der Waals surface area contributed by atoms with E-state index in [9.17, 15) is 22.4 Å². The standard InChI is InChI=1S/C29H33ClFN3O4S/c1-21(2)18-32-29(36)27(17-22-7-5-4-6-8-22)34(19-23-9-13-25(31)14-10-23)28(35)20-33(3)39(37,38)26-15-11-24(30)12-16-26/h4-16,21,27H,17-20H2,1-3H3,(H,32,36)/t27-/m0/s1. The van der Waals surface area contributed by atoms with Crippen LogP contribution in [0.3, 0.4) is 0 Å².